The van der Waals surface area contributed by atoms with Gasteiger partial charge < -0.3 is 4.90 Å². The van der Waals surface area contributed by atoms with E-state index in [2.05, 4.69) is 54.0 Å². The van der Waals surface area contributed by atoms with E-state index in [1.807, 2.05) is 47.4 Å². The highest BCUT2D eigenvalue weighted by atomic mass is 16.2. The molecular weight excluding hydrogens is 396 g/mol. The lowest BCUT2D eigenvalue weighted by atomic mass is 10.1. The van der Waals surface area contributed by atoms with Gasteiger partial charge in [0, 0.05) is 37.4 Å². The molecule has 2 aliphatic rings. The number of hydrogen-bond acceptors (Lipinski definition) is 4. The SMILES string of the molecule is Cc1cc(C)cc(N=C2C(=O)N(CN3CCN(c4ccccc4)CC3)c3ccccc32)c1. The van der Waals surface area contributed by atoms with Crippen molar-refractivity contribution in [1.82, 2.24) is 4.90 Å². The molecule has 0 unspecified atom stereocenters. The van der Waals surface area contributed by atoms with E-state index >= 15 is 0 Å². The number of piperazine rings is 1. The first kappa shape index (κ1) is 20.5. The Morgan fingerprint density at radius 1 is 0.812 bits per heavy atom. The van der Waals surface area contributed by atoms with Gasteiger partial charge in [-0.15, -0.1) is 0 Å². The van der Waals surface area contributed by atoms with Gasteiger partial charge in [-0.1, -0.05) is 42.5 Å². The van der Waals surface area contributed by atoms with Gasteiger partial charge in [-0.25, -0.2) is 4.99 Å². The first-order chi connectivity index (χ1) is 15.6. The normalized spacial score (nSPS) is 17.8. The molecule has 32 heavy (non-hydrogen) atoms. The van der Waals surface area contributed by atoms with Crippen molar-refractivity contribution >= 4 is 28.7 Å². The highest BCUT2D eigenvalue weighted by Crippen LogP contribution is 2.31. The quantitative estimate of drug-likeness (QED) is 0.617. The smallest absolute Gasteiger partial charge is 0.278 e. The third-order valence-electron chi connectivity index (χ3n) is 6.18. The zero-order valence-corrected chi connectivity index (χ0v) is 18.7. The van der Waals surface area contributed by atoms with E-state index in [9.17, 15) is 4.79 Å². The highest BCUT2D eigenvalue weighted by molar-refractivity contribution is 6.54. The number of aryl methyl sites for hydroxylation is 2. The minimum absolute atomic E-state index is 0.0177. The largest absolute Gasteiger partial charge is 0.369 e. The molecule has 0 N–H and O–H groups in total. The summed E-state index contributed by atoms with van der Waals surface area (Å²) < 4.78 is 0. The van der Waals surface area contributed by atoms with Gasteiger partial charge in [0.05, 0.1) is 18.0 Å². The average molecular weight is 425 g/mol. The molecule has 2 heterocycles. The minimum Gasteiger partial charge on any atom is -0.369 e. The van der Waals surface area contributed by atoms with Crippen LogP contribution in [0.1, 0.15) is 16.7 Å². The van der Waals surface area contributed by atoms with Crippen LogP contribution in [0, 0.1) is 13.8 Å². The van der Waals surface area contributed by atoms with Gasteiger partial charge in [0.1, 0.15) is 5.71 Å². The number of carbonyl (C=O) groups excluding carboxylic acids is 1. The molecule has 1 saturated heterocycles. The third-order valence-corrected chi connectivity index (χ3v) is 6.18. The number of benzene rings is 3. The third kappa shape index (κ3) is 4.04. The molecule has 5 rings (SSSR count). The molecule has 2 aliphatic heterocycles. The van der Waals surface area contributed by atoms with Gasteiger partial charge >= 0.3 is 0 Å². The van der Waals surface area contributed by atoms with Gasteiger partial charge in [0.15, 0.2) is 0 Å². The first-order valence-corrected chi connectivity index (χ1v) is 11.2. The Morgan fingerprint density at radius 2 is 1.47 bits per heavy atom. The Balaban J connectivity index is 1.35. The van der Waals surface area contributed by atoms with Crippen LogP contribution in [0.25, 0.3) is 0 Å². The van der Waals surface area contributed by atoms with Crippen molar-refractivity contribution in [3.63, 3.8) is 0 Å². The van der Waals surface area contributed by atoms with Crippen molar-refractivity contribution in [3.8, 4) is 0 Å². The molecule has 0 aliphatic carbocycles. The number of para-hydroxylation sites is 2. The van der Waals surface area contributed by atoms with E-state index in [1.165, 1.54) is 5.69 Å². The van der Waals surface area contributed by atoms with Crippen LogP contribution in [0.2, 0.25) is 0 Å². The molecule has 3 aromatic carbocycles. The maximum Gasteiger partial charge on any atom is 0.278 e. The summed E-state index contributed by atoms with van der Waals surface area (Å²) in [5, 5.41) is 0. The summed E-state index contributed by atoms with van der Waals surface area (Å²) in [4.78, 5) is 24.9. The van der Waals surface area contributed by atoms with Crippen molar-refractivity contribution in [2.75, 3.05) is 42.6 Å². The topological polar surface area (TPSA) is 39.2 Å². The predicted molar refractivity (Wildman–Crippen MR) is 131 cm³/mol. The number of amides is 1. The second-order valence-corrected chi connectivity index (χ2v) is 8.64. The molecule has 1 fully saturated rings. The molecule has 0 atom stereocenters. The van der Waals surface area contributed by atoms with E-state index in [4.69, 9.17) is 4.99 Å². The fourth-order valence-corrected chi connectivity index (χ4v) is 4.64. The van der Waals surface area contributed by atoms with Crippen LogP contribution >= 0.6 is 0 Å². The molecule has 5 heteroatoms. The van der Waals surface area contributed by atoms with Gasteiger partial charge in [-0.2, -0.15) is 0 Å². The fourth-order valence-electron chi connectivity index (χ4n) is 4.64. The van der Waals surface area contributed by atoms with E-state index in [-0.39, 0.29) is 5.91 Å². The molecule has 162 valence electrons. The Kier molecular flexibility index (Phi) is 5.50. The van der Waals surface area contributed by atoms with Crippen LogP contribution in [0.5, 0.6) is 0 Å². The van der Waals surface area contributed by atoms with E-state index < -0.39 is 0 Å². The number of anilines is 2. The number of fused-ring (bicyclic) bond motifs is 1. The Morgan fingerprint density at radius 3 is 2.19 bits per heavy atom. The highest BCUT2D eigenvalue weighted by Gasteiger charge is 2.35. The van der Waals surface area contributed by atoms with Gasteiger partial charge in [-0.05, 0) is 55.3 Å². The van der Waals surface area contributed by atoms with Gasteiger partial charge in [-0.3, -0.25) is 14.6 Å². The number of hydrogen-bond donors (Lipinski definition) is 0. The summed E-state index contributed by atoms with van der Waals surface area (Å²) in [6.07, 6.45) is 0. The second-order valence-electron chi connectivity index (χ2n) is 8.64. The number of rotatable bonds is 4. The van der Waals surface area contributed by atoms with Crippen LogP contribution < -0.4 is 9.80 Å². The minimum atomic E-state index is -0.0177. The molecule has 0 radical (unpaired) electrons. The second kappa shape index (κ2) is 8.60. The van der Waals surface area contributed by atoms with Crippen molar-refractivity contribution < 1.29 is 4.79 Å². The zero-order valence-electron chi connectivity index (χ0n) is 18.7. The van der Waals surface area contributed by atoms with Crippen LogP contribution in [0.4, 0.5) is 17.1 Å². The van der Waals surface area contributed by atoms with E-state index in [0.29, 0.717) is 12.4 Å². The Bertz CT molecular complexity index is 1140. The average Bonchev–Trinajstić information content (AvgIpc) is 3.05. The molecular formula is C27H28N4O. The summed E-state index contributed by atoms with van der Waals surface area (Å²) in [5.41, 5.74) is 6.79. The van der Waals surface area contributed by atoms with E-state index in [1.54, 1.807) is 0 Å². The first-order valence-electron chi connectivity index (χ1n) is 11.2. The van der Waals surface area contributed by atoms with Crippen molar-refractivity contribution in [2.24, 2.45) is 4.99 Å². The summed E-state index contributed by atoms with van der Waals surface area (Å²) in [7, 11) is 0. The van der Waals surface area contributed by atoms with Crippen molar-refractivity contribution in [2.45, 2.75) is 13.8 Å². The van der Waals surface area contributed by atoms with Gasteiger partial charge in [0.25, 0.3) is 5.91 Å². The predicted octanol–water partition coefficient (Wildman–Crippen LogP) is 4.55. The number of nitrogens with zero attached hydrogens (tertiary/aromatic N) is 4. The molecule has 5 nitrogen and oxygen atoms in total. The zero-order chi connectivity index (χ0) is 22.1. The lowest BCUT2D eigenvalue weighted by Gasteiger charge is -2.37. The molecule has 0 aromatic heterocycles. The molecule has 0 bridgehead atoms. The summed E-state index contributed by atoms with van der Waals surface area (Å²) in [5.74, 6) is -0.0177. The summed E-state index contributed by atoms with van der Waals surface area (Å²) in [6.45, 7) is 8.46. The molecule has 0 spiro atoms. The van der Waals surface area contributed by atoms with Crippen LogP contribution in [0.15, 0.2) is 77.8 Å². The number of carbonyl (C=O) groups is 1. The lowest BCUT2D eigenvalue weighted by Crippen LogP contribution is -2.51. The fraction of sp³-hybridized carbons (Fsp3) is 0.259. The maximum absolute atomic E-state index is 13.5. The molecule has 0 saturated carbocycles. The van der Waals surface area contributed by atoms with Crippen LogP contribution in [0.3, 0.4) is 0 Å². The van der Waals surface area contributed by atoms with Gasteiger partial charge in [0.2, 0.25) is 0 Å². The molecule has 3 aromatic rings. The van der Waals surface area contributed by atoms with Crippen LogP contribution in [-0.4, -0.2) is 49.4 Å². The van der Waals surface area contributed by atoms with Crippen molar-refractivity contribution in [3.05, 3.63) is 89.5 Å². The monoisotopic (exact) mass is 424 g/mol. The van der Waals surface area contributed by atoms with E-state index in [0.717, 1.165) is 54.2 Å². The maximum atomic E-state index is 13.5. The Hall–Kier alpha value is -3.44. The number of aliphatic imine (C=N–C) groups is 1. The lowest BCUT2D eigenvalue weighted by molar-refractivity contribution is -0.112. The van der Waals surface area contributed by atoms with Crippen LogP contribution in [-0.2, 0) is 4.79 Å². The summed E-state index contributed by atoms with van der Waals surface area (Å²) >= 11 is 0. The van der Waals surface area contributed by atoms with Crippen molar-refractivity contribution in [1.29, 1.82) is 0 Å². The Labute approximate surface area is 189 Å². The summed E-state index contributed by atoms with van der Waals surface area (Å²) in [6, 6.07) is 24.7. The molecule has 1 amide bonds. The standard InChI is InChI=1S/C27H28N4O/c1-20-16-21(2)18-22(17-20)28-26-24-10-6-7-11-25(24)31(27(26)32)19-29-12-14-30(15-13-29)23-8-4-3-5-9-23/h3-11,16-18H,12-15,19H2,1-2H3.